The van der Waals surface area contributed by atoms with Crippen molar-refractivity contribution in [1.29, 1.82) is 0 Å². The molecule has 0 N–H and O–H groups in total. The lowest BCUT2D eigenvalue weighted by atomic mass is 10.2. The van der Waals surface area contributed by atoms with E-state index in [1.165, 1.54) is 23.9 Å². The van der Waals surface area contributed by atoms with Crippen LogP contribution in [0.3, 0.4) is 0 Å². The molecule has 18 heavy (non-hydrogen) atoms. The van der Waals surface area contributed by atoms with Crippen LogP contribution in [0, 0.1) is 11.8 Å². The van der Waals surface area contributed by atoms with E-state index in [0.717, 1.165) is 12.3 Å². The van der Waals surface area contributed by atoms with E-state index in [4.69, 9.17) is 0 Å². The van der Waals surface area contributed by atoms with E-state index in [0.29, 0.717) is 5.56 Å². The minimum Gasteiger partial charge on any atom is -0.464 e. The second-order valence-electron chi connectivity index (χ2n) is 3.65. The highest BCUT2D eigenvalue weighted by Gasteiger charge is 2.14. The van der Waals surface area contributed by atoms with Crippen LogP contribution < -0.4 is 0 Å². The third-order valence-electron chi connectivity index (χ3n) is 2.40. The van der Waals surface area contributed by atoms with Gasteiger partial charge in [0.25, 0.3) is 0 Å². The molecule has 0 bridgehead atoms. The summed E-state index contributed by atoms with van der Waals surface area (Å²) in [5, 5.41) is 0. The molecule has 0 aliphatic carbocycles. The van der Waals surface area contributed by atoms with Gasteiger partial charge in [0, 0.05) is 25.0 Å². The molecule has 2 aromatic rings. The Morgan fingerprint density at radius 1 is 1.44 bits per heavy atom. The van der Waals surface area contributed by atoms with Gasteiger partial charge in [0.15, 0.2) is 0 Å². The topological polar surface area (TPSA) is 44.1 Å². The third kappa shape index (κ3) is 2.53. The van der Waals surface area contributed by atoms with Gasteiger partial charge in [-0.2, -0.15) is 4.39 Å². The van der Waals surface area contributed by atoms with Crippen LogP contribution in [0.2, 0.25) is 0 Å². The molecule has 0 aliphatic heterocycles. The number of aromatic nitrogens is 2. The van der Waals surface area contributed by atoms with Gasteiger partial charge in [0.2, 0.25) is 5.95 Å². The van der Waals surface area contributed by atoms with Crippen LogP contribution in [-0.4, -0.2) is 22.6 Å². The minimum atomic E-state index is -0.645. The van der Waals surface area contributed by atoms with Crippen molar-refractivity contribution in [2.24, 2.45) is 0 Å². The van der Waals surface area contributed by atoms with E-state index in [1.54, 1.807) is 6.07 Å². The van der Waals surface area contributed by atoms with E-state index in [2.05, 4.69) is 9.72 Å². The van der Waals surface area contributed by atoms with Crippen molar-refractivity contribution in [2.75, 3.05) is 7.11 Å². The fourth-order valence-corrected chi connectivity index (χ4v) is 1.62. The minimum absolute atomic E-state index is 0.0761. The molecule has 0 aromatic carbocycles. The first kappa shape index (κ1) is 12.2. The number of halogens is 2. The van der Waals surface area contributed by atoms with Crippen LogP contribution in [0.15, 0.2) is 30.6 Å². The highest BCUT2D eigenvalue weighted by Crippen LogP contribution is 2.12. The smallest absolute Gasteiger partial charge is 0.354 e. The van der Waals surface area contributed by atoms with Crippen LogP contribution in [0.1, 0.15) is 16.1 Å². The molecule has 0 aliphatic rings. The lowest BCUT2D eigenvalue weighted by molar-refractivity contribution is 0.0589. The number of ether oxygens (including phenoxy) is 1. The third-order valence-corrected chi connectivity index (χ3v) is 2.40. The number of carbonyl (C=O) groups excluding carboxylic acids is 1. The Hall–Kier alpha value is -2.24. The molecule has 2 heterocycles. The molecule has 4 nitrogen and oxygen atoms in total. The predicted octanol–water partition coefficient (Wildman–Crippen LogP) is 2.00. The zero-order valence-corrected chi connectivity index (χ0v) is 9.56. The second kappa shape index (κ2) is 4.95. The maximum absolute atomic E-state index is 13.2. The second-order valence-corrected chi connectivity index (χ2v) is 3.65. The maximum Gasteiger partial charge on any atom is 0.354 e. The summed E-state index contributed by atoms with van der Waals surface area (Å²) >= 11 is 0. The number of esters is 1. The van der Waals surface area contributed by atoms with Crippen LogP contribution >= 0.6 is 0 Å². The summed E-state index contributed by atoms with van der Waals surface area (Å²) in [6, 6.07) is 3.88. The molecule has 6 heteroatoms. The van der Waals surface area contributed by atoms with E-state index in [-0.39, 0.29) is 12.2 Å². The summed E-state index contributed by atoms with van der Waals surface area (Å²) in [5.74, 6) is -1.82. The van der Waals surface area contributed by atoms with Crippen molar-refractivity contribution in [3.05, 3.63) is 53.6 Å². The fourth-order valence-electron chi connectivity index (χ4n) is 1.62. The Kier molecular flexibility index (Phi) is 3.36. The molecule has 0 saturated carbocycles. The average molecular weight is 252 g/mol. The van der Waals surface area contributed by atoms with Crippen molar-refractivity contribution in [3.8, 4) is 0 Å². The Morgan fingerprint density at radius 3 is 2.89 bits per heavy atom. The number of methoxy groups -OCH3 is 1. The van der Waals surface area contributed by atoms with Gasteiger partial charge in [-0.25, -0.2) is 14.2 Å². The van der Waals surface area contributed by atoms with E-state index in [9.17, 15) is 13.6 Å². The maximum atomic E-state index is 13.2. The molecule has 0 fully saturated rings. The molecule has 0 spiro atoms. The highest BCUT2D eigenvalue weighted by atomic mass is 19.1. The lowest BCUT2D eigenvalue weighted by Gasteiger charge is -2.07. The number of pyridine rings is 1. The normalized spacial score (nSPS) is 10.4. The molecular formula is C12H10F2N2O2. The van der Waals surface area contributed by atoms with Crippen molar-refractivity contribution in [2.45, 2.75) is 6.54 Å². The first-order valence-electron chi connectivity index (χ1n) is 5.14. The molecule has 2 aromatic heterocycles. The zero-order chi connectivity index (χ0) is 13.1. The van der Waals surface area contributed by atoms with E-state index < -0.39 is 17.7 Å². The SMILES string of the molecule is COC(=O)c1cc(F)cn1Cc1ccnc(F)c1. The summed E-state index contributed by atoms with van der Waals surface area (Å²) < 4.78 is 32.0. The van der Waals surface area contributed by atoms with Gasteiger partial charge < -0.3 is 9.30 Å². The average Bonchev–Trinajstić information content (AvgIpc) is 2.69. The van der Waals surface area contributed by atoms with Crippen LogP contribution in [0.5, 0.6) is 0 Å². The van der Waals surface area contributed by atoms with Crippen LogP contribution in [-0.2, 0) is 11.3 Å². The number of carbonyl (C=O) groups is 1. The number of nitrogens with zero attached hydrogens (tertiary/aromatic N) is 2. The molecule has 0 atom stereocenters. The van der Waals surface area contributed by atoms with Crippen molar-refractivity contribution in [1.82, 2.24) is 9.55 Å². The van der Waals surface area contributed by atoms with Crippen molar-refractivity contribution >= 4 is 5.97 Å². The molecule has 0 saturated heterocycles. The monoisotopic (exact) mass is 252 g/mol. The quantitative estimate of drug-likeness (QED) is 0.620. The zero-order valence-electron chi connectivity index (χ0n) is 9.56. The Balaban J connectivity index is 2.31. The Bertz CT molecular complexity index is 581. The first-order chi connectivity index (χ1) is 8.60. The number of hydrogen-bond donors (Lipinski definition) is 0. The Morgan fingerprint density at radius 2 is 2.22 bits per heavy atom. The standard InChI is InChI=1S/C12H10F2N2O2/c1-18-12(17)10-5-9(13)7-16(10)6-8-2-3-15-11(14)4-8/h2-5,7H,6H2,1H3. The summed E-state index contributed by atoms with van der Waals surface area (Å²) in [6.07, 6.45) is 2.47. The van der Waals surface area contributed by atoms with E-state index >= 15 is 0 Å². The van der Waals surface area contributed by atoms with Crippen LogP contribution in [0.4, 0.5) is 8.78 Å². The largest absolute Gasteiger partial charge is 0.464 e. The molecule has 2 rings (SSSR count). The van der Waals surface area contributed by atoms with Gasteiger partial charge in [-0.15, -0.1) is 0 Å². The van der Waals surface area contributed by atoms with Gasteiger partial charge in [0.05, 0.1) is 7.11 Å². The summed E-state index contributed by atoms with van der Waals surface area (Å²) in [4.78, 5) is 14.8. The van der Waals surface area contributed by atoms with Gasteiger partial charge in [0.1, 0.15) is 11.5 Å². The van der Waals surface area contributed by atoms with Crippen molar-refractivity contribution in [3.63, 3.8) is 0 Å². The molecule has 0 amide bonds. The van der Waals surface area contributed by atoms with Crippen LogP contribution in [0.25, 0.3) is 0 Å². The fraction of sp³-hybridized carbons (Fsp3) is 0.167. The predicted molar refractivity (Wildman–Crippen MR) is 59.0 cm³/mol. The molecule has 0 unspecified atom stereocenters. The van der Waals surface area contributed by atoms with Gasteiger partial charge >= 0.3 is 5.97 Å². The molecule has 0 radical (unpaired) electrons. The summed E-state index contributed by atoms with van der Waals surface area (Å²) in [6.45, 7) is 0.161. The highest BCUT2D eigenvalue weighted by molar-refractivity contribution is 5.87. The first-order valence-corrected chi connectivity index (χ1v) is 5.14. The van der Waals surface area contributed by atoms with Crippen molar-refractivity contribution < 1.29 is 18.3 Å². The number of rotatable bonds is 3. The molecular weight excluding hydrogens is 242 g/mol. The van der Waals surface area contributed by atoms with Gasteiger partial charge in [-0.05, 0) is 17.7 Å². The van der Waals surface area contributed by atoms with Gasteiger partial charge in [-0.3, -0.25) is 0 Å². The van der Waals surface area contributed by atoms with E-state index in [1.807, 2.05) is 0 Å². The summed E-state index contributed by atoms with van der Waals surface area (Å²) in [7, 11) is 1.21. The lowest BCUT2D eigenvalue weighted by Crippen LogP contribution is -2.10. The summed E-state index contributed by atoms with van der Waals surface area (Å²) in [5.41, 5.74) is 0.649. The Labute approximate surface area is 102 Å². The number of hydrogen-bond acceptors (Lipinski definition) is 3. The molecule has 94 valence electrons. The van der Waals surface area contributed by atoms with Gasteiger partial charge in [-0.1, -0.05) is 0 Å².